The molecule has 21 heteroatoms. The van der Waals surface area contributed by atoms with Gasteiger partial charge in [0.15, 0.2) is 30.0 Å². The minimum Gasteiger partial charge on any atom is -0.460 e. The third-order valence-electron chi connectivity index (χ3n) is 11.8. The summed E-state index contributed by atoms with van der Waals surface area (Å²) in [4.78, 5) is 141. The topological polar surface area (TPSA) is 274 Å². The predicted molar refractivity (Wildman–Crippen MR) is 251 cm³/mol. The molecular formula is C48H74N6O15. The number of ether oxygens (including phenoxy) is 4. The Morgan fingerprint density at radius 2 is 1.42 bits per heavy atom. The lowest BCUT2D eigenvalue weighted by Crippen LogP contribution is -2.58. The molecule has 69 heavy (non-hydrogen) atoms. The first-order valence-corrected chi connectivity index (χ1v) is 22.3. The maximum atomic E-state index is 15.0. The van der Waals surface area contributed by atoms with E-state index in [1.165, 1.54) is 55.9 Å². The molecule has 1 aromatic rings. The molecule has 0 radical (unpaired) electrons. The van der Waals surface area contributed by atoms with Crippen LogP contribution in [0.2, 0.25) is 0 Å². The molecule has 0 spiro atoms. The average molecular weight is 975 g/mol. The molecule has 1 fully saturated rings. The maximum Gasteiger partial charge on any atom is 0.333 e. The highest BCUT2D eigenvalue weighted by Crippen LogP contribution is 2.28. The first-order chi connectivity index (χ1) is 31.6. The Bertz CT molecular complexity index is 2030. The van der Waals surface area contributed by atoms with Crippen LogP contribution in [0.4, 0.5) is 0 Å². The lowest BCUT2D eigenvalue weighted by Gasteiger charge is -2.38. The number of esters is 3. The second-order valence-corrected chi connectivity index (χ2v) is 17.8. The molecule has 1 saturated heterocycles. The highest BCUT2D eigenvalue weighted by atomic mass is 16.6. The van der Waals surface area contributed by atoms with Gasteiger partial charge in [0, 0.05) is 54.9 Å². The Kier molecular flexibility index (Phi) is 23.9. The van der Waals surface area contributed by atoms with Gasteiger partial charge in [-0.2, -0.15) is 0 Å². The number of nitrogens with zero attached hydrogens (tertiary/aromatic N) is 3. The molecule has 1 heterocycles. The van der Waals surface area contributed by atoms with E-state index in [9.17, 15) is 53.1 Å². The van der Waals surface area contributed by atoms with Gasteiger partial charge in [0.1, 0.15) is 23.9 Å². The first-order valence-electron chi connectivity index (χ1n) is 22.3. The van der Waals surface area contributed by atoms with Crippen LogP contribution in [0.1, 0.15) is 88.6 Å². The Labute approximate surface area is 405 Å². The van der Waals surface area contributed by atoms with E-state index >= 15 is 0 Å². The van der Waals surface area contributed by atoms with Crippen LogP contribution in [0.25, 0.3) is 0 Å². The third kappa shape index (κ3) is 16.5. The molecule has 21 nitrogen and oxygen atoms in total. The zero-order valence-electron chi connectivity index (χ0n) is 41.5. The molecule has 1 aliphatic heterocycles. The van der Waals surface area contributed by atoms with E-state index in [1.807, 2.05) is 0 Å². The SMILES string of the molecule is C.C=C1C(=O)N[C@@H](C)C(=O)N(C)[C@@H](C)C(=O)C[C@@H]([C@H](OC(=O)[C@@H](NC(C)=O)[C@H](O)C(C)C)C(C)C)C(=O)N(C)[C@@H]([C@@H](C)OC)C(=O)O[C@H](C)[C@H](NC(C)=O)C(=O)O[C@H](Cc2ccccc2)C(=O)N1C. The number of cyclic esters (lactones) is 2. The van der Waals surface area contributed by atoms with Gasteiger partial charge in [-0.15, -0.1) is 0 Å². The summed E-state index contributed by atoms with van der Waals surface area (Å²) < 4.78 is 23.0. The zero-order chi connectivity index (χ0) is 52.1. The average Bonchev–Trinajstić information content (AvgIpc) is 3.27. The summed E-state index contributed by atoms with van der Waals surface area (Å²) >= 11 is 0. The largest absolute Gasteiger partial charge is 0.460 e. The van der Waals surface area contributed by atoms with Gasteiger partial charge in [-0.1, -0.05) is 72.0 Å². The molecule has 4 N–H and O–H groups in total. The number of aliphatic hydroxyl groups excluding tert-OH is 1. The number of ketones is 1. The van der Waals surface area contributed by atoms with Crippen molar-refractivity contribution < 1.29 is 72.0 Å². The van der Waals surface area contributed by atoms with Crippen molar-refractivity contribution in [2.75, 3.05) is 28.3 Å². The zero-order valence-corrected chi connectivity index (χ0v) is 41.5. The summed E-state index contributed by atoms with van der Waals surface area (Å²) in [5.41, 5.74) is 0.0701. The molecule has 386 valence electrons. The van der Waals surface area contributed by atoms with E-state index in [2.05, 4.69) is 22.5 Å². The highest BCUT2D eigenvalue weighted by Gasteiger charge is 2.46. The number of methoxy groups -OCH3 is 1. The minimum absolute atomic E-state index is 0. The molecule has 0 aromatic heterocycles. The summed E-state index contributed by atoms with van der Waals surface area (Å²) in [6, 6.07) is 0.783. The predicted octanol–water partition coefficient (Wildman–Crippen LogP) is 1.08. The van der Waals surface area contributed by atoms with E-state index in [0.717, 1.165) is 28.5 Å². The molecule has 1 aromatic carbocycles. The fourth-order valence-corrected chi connectivity index (χ4v) is 7.39. The van der Waals surface area contributed by atoms with E-state index in [4.69, 9.17) is 18.9 Å². The summed E-state index contributed by atoms with van der Waals surface area (Å²) in [5, 5.41) is 18.2. The van der Waals surface area contributed by atoms with Crippen molar-refractivity contribution in [3.63, 3.8) is 0 Å². The van der Waals surface area contributed by atoms with Crippen LogP contribution in [0.15, 0.2) is 42.6 Å². The summed E-state index contributed by atoms with van der Waals surface area (Å²) in [6.45, 7) is 17.7. The number of hydrogen-bond acceptors (Lipinski definition) is 15. The Hall–Kier alpha value is -6.22. The second kappa shape index (κ2) is 27.1. The number of likely N-dealkylation sites (N-methyl/N-ethyl adjacent to an activating group) is 3. The summed E-state index contributed by atoms with van der Waals surface area (Å²) in [7, 11) is 4.94. The molecular weight excluding hydrogens is 901 g/mol. The van der Waals surface area contributed by atoms with Crippen molar-refractivity contribution in [3.8, 4) is 0 Å². The molecule has 1 aliphatic rings. The highest BCUT2D eigenvalue weighted by molar-refractivity contribution is 6.01. The maximum absolute atomic E-state index is 15.0. The normalized spacial score (nSPS) is 24.9. The van der Waals surface area contributed by atoms with Crippen LogP contribution >= 0.6 is 0 Å². The van der Waals surface area contributed by atoms with Crippen LogP contribution in [0.3, 0.4) is 0 Å². The Morgan fingerprint density at radius 1 is 0.841 bits per heavy atom. The van der Waals surface area contributed by atoms with Gasteiger partial charge in [-0.05, 0) is 45.1 Å². The second-order valence-electron chi connectivity index (χ2n) is 17.8. The van der Waals surface area contributed by atoms with Gasteiger partial charge in [0.05, 0.1) is 24.2 Å². The first kappa shape index (κ1) is 60.8. The number of rotatable bonds is 12. The van der Waals surface area contributed by atoms with Gasteiger partial charge in [-0.25, -0.2) is 14.4 Å². The van der Waals surface area contributed by atoms with Crippen LogP contribution < -0.4 is 16.0 Å². The number of aliphatic hydroxyl groups is 1. The third-order valence-corrected chi connectivity index (χ3v) is 11.8. The molecule has 6 amide bonds. The van der Waals surface area contributed by atoms with Gasteiger partial charge >= 0.3 is 17.9 Å². The van der Waals surface area contributed by atoms with Crippen molar-refractivity contribution in [2.45, 2.75) is 150 Å². The van der Waals surface area contributed by atoms with Crippen molar-refractivity contribution >= 4 is 59.1 Å². The monoisotopic (exact) mass is 975 g/mol. The summed E-state index contributed by atoms with van der Waals surface area (Å²) in [6.07, 6.45) is -8.20. The van der Waals surface area contributed by atoms with Gasteiger partial charge in [0.25, 0.3) is 11.8 Å². The Morgan fingerprint density at radius 3 is 1.93 bits per heavy atom. The van der Waals surface area contributed by atoms with E-state index in [1.54, 1.807) is 58.0 Å². The molecule has 0 saturated carbocycles. The number of carbonyl (C=O) groups is 10. The number of benzene rings is 1. The van der Waals surface area contributed by atoms with Crippen molar-refractivity contribution in [1.82, 2.24) is 30.7 Å². The lowest BCUT2D eigenvalue weighted by atomic mass is 9.85. The molecule has 2 rings (SSSR count). The smallest absolute Gasteiger partial charge is 0.333 e. The van der Waals surface area contributed by atoms with Gasteiger partial charge in [0.2, 0.25) is 23.6 Å². The van der Waals surface area contributed by atoms with Crippen molar-refractivity contribution in [2.24, 2.45) is 17.8 Å². The lowest BCUT2D eigenvalue weighted by molar-refractivity contribution is -0.175. The minimum atomic E-state index is -1.75. The van der Waals surface area contributed by atoms with Gasteiger partial charge < -0.3 is 54.7 Å². The van der Waals surface area contributed by atoms with Crippen LogP contribution in [0.5, 0.6) is 0 Å². The quantitative estimate of drug-likeness (QED) is 0.130. The molecule has 0 aliphatic carbocycles. The van der Waals surface area contributed by atoms with Gasteiger partial charge in [-0.3, -0.25) is 33.6 Å². The number of carbonyl (C=O) groups excluding carboxylic acids is 10. The number of Topliss-reactive ketones (excluding diaryl/α,β-unsaturated/α-hetero) is 1. The number of amides is 6. The van der Waals surface area contributed by atoms with Crippen LogP contribution in [0, 0.1) is 17.8 Å². The number of nitrogens with one attached hydrogen (secondary N) is 3. The summed E-state index contributed by atoms with van der Waals surface area (Å²) in [5.74, 6) is -12.2. The van der Waals surface area contributed by atoms with Crippen LogP contribution in [-0.2, 0) is 73.3 Å². The fourth-order valence-electron chi connectivity index (χ4n) is 7.39. The Balaban J connectivity index is 0.0000238. The van der Waals surface area contributed by atoms with Crippen LogP contribution in [-0.4, -0.2) is 168 Å². The standard InChI is InChI=1S/C47H70N6O15.CH4/c1-23(2)39(57)37(50-31(11)55)46(63)68-40(24(3)4)33-22-34(56)26(6)51(12)42(59)25(5)48-41(58)27(7)52(13)44(61)35(21-32-19-17-16-18-20-32)67-45(62)36(49-30(10)54)28(8)66-47(64)38(29(9)65-15)53(14)43(33)60;/h16-20,23-26,28-29,33,35-40,57H,7,21-22H2,1-6,8-15H3,(H,48,58)(H,49,54)(H,50,55);1H4/t25-,26-,28+,29+,33-,35+,36-,37-,38-,39+,40+;/m0./s1. The van der Waals surface area contributed by atoms with E-state index < -0.39 is 150 Å². The van der Waals surface area contributed by atoms with Crippen molar-refractivity contribution in [3.05, 3.63) is 48.2 Å². The fraction of sp³-hybridized carbons (Fsp3) is 0.625. The van der Waals surface area contributed by atoms with Crippen molar-refractivity contribution in [1.29, 1.82) is 0 Å². The molecule has 11 atom stereocenters. The van der Waals surface area contributed by atoms with E-state index in [0.29, 0.717) is 5.56 Å². The number of hydrogen-bond donors (Lipinski definition) is 4. The molecule has 0 bridgehead atoms. The molecule has 0 unspecified atom stereocenters. The van der Waals surface area contributed by atoms with E-state index in [-0.39, 0.29) is 13.8 Å².